The Labute approximate surface area is 180 Å². The number of benzene rings is 2. The molecule has 9 heteroatoms. The molecule has 166 valence electrons. The van der Waals surface area contributed by atoms with Crippen LogP contribution in [0.15, 0.2) is 47.4 Å². The van der Waals surface area contributed by atoms with E-state index in [1.807, 2.05) is 0 Å². The van der Waals surface area contributed by atoms with E-state index in [0.717, 1.165) is 24.6 Å². The van der Waals surface area contributed by atoms with Gasteiger partial charge >= 0.3 is 5.97 Å². The highest BCUT2D eigenvalue weighted by Crippen LogP contribution is 2.24. The predicted octanol–water partition coefficient (Wildman–Crippen LogP) is 3.44. The first-order chi connectivity index (χ1) is 14.7. The molecular formula is C22H24FNO6S. The zero-order valence-electron chi connectivity index (χ0n) is 17.3. The largest absolute Gasteiger partial charge is 0.497 e. The van der Waals surface area contributed by atoms with Gasteiger partial charge in [-0.2, -0.15) is 4.31 Å². The maximum atomic E-state index is 14.3. The lowest BCUT2D eigenvalue weighted by molar-refractivity contribution is 0.0318. The Bertz CT molecular complexity index is 1060. The van der Waals surface area contributed by atoms with Gasteiger partial charge in [0, 0.05) is 18.7 Å². The second-order valence-electron chi connectivity index (χ2n) is 7.25. The Morgan fingerprint density at radius 1 is 1.00 bits per heavy atom. The molecular weight excluding hydrogens is 425 g/mol. The van der Waals surface area contributed by atoms with Crippen molar-refractivity contribution in [1.82, 2.24) is 4.31 Å². The number of esters is 1. The van der Waals surface area contributed by atoms with Gasteiger partial charge in [-0.05, 0) is 62.2 Å². The molecule has 31 heavy (non-hydrogen) atoms. The van der Waals surface area contributed by atoms with Crippen LogP contribution in [0.25, 0.3) is 0 Å². The van der Waals surface area contributed by atoms with Crippen LogP contribution in [0.5, 0.6) is 5.75 Å². The average Bonchev–Trinajstić information content (AvgIpc) is 2.79. The van der Waals surface area contributed by atoms with Crippen molar-refractivity contribution in [2.24, 2.45) is 0 Å². The number of ketones is 1. The van der Waals surface area contributed by atoms with Gasteiger partial charge in [-0.15, -0.1) is 0 Å². The first-order valence-electron chi connectivity index (χ1n) is 9.93. The van der Waals surface area contributed by atoms with E-state index in [9.17, 15) is 22.4 Å². The number of rotatable bonds is 7. The monoisotopic (exact) mass is 449 g/mol. The third-order valence-electron chi connectivity index (χ3n) is 5.13. The summed E-state index contributed by atoms with van der Waals surface area (Å²) in [7, 11) is -2.57. The lowest BCUT2D eigenvalue weighted by Crippen LogP contribution is -2.36. The molecule has 1 aliphatic heterocycles. The number of piperidine rings is 1. The van der Waals surface area contributed by atoms with Crippen LogP contribution in [0.2, 0.25) is 0 Å². The molecule has 1 saturated heterocycles. The van der Waals surface area contributed by atoms with Gasteiger partial charge in [0.15, 0.2) is 6.10 Å². The second kappa shape index (κ2) is 9.57. The highest BCUT2D eigenvalue weighted by molar-refractivity contribution is 7.89. The number of carbonyl (C=O) groups is 2. The third kappa shape index (κ3) is 5.11. The summed E-state index contributed by atoms with van der Waals surface area (Å²) in [6.07, 6.45) is 1.20. The van der Waals surface area contributed by atoms with Gasteiger partial charge in [0.2, 0.25) is 15.8 Å². The van der Waals surface area contributed by atoms with Crippen LogP contribution in [-0.2, 0) is 14.8 Å². The molecule has 0 amide bonds. The summed E-state index contributed by atoms with van der Waals surface area (Å²) in [5.41, 5.74) is 0.180. The maximum Gasteiger partial charge on any atom is 0.338 e. The summed E-state index contributed by atoms with van der Waals surface area (Å²) in [5, 5.41) is 0. The van der Waals surface area contributed by atoms with Crippen molar-refractivity contribution in [2.45, 2.75) is 37.2 Å². The van der Waals surface area contributed by atoms with Gasteiger partial charge < -0.3 is 9.47 Å². The Kier molecular flexibility index (Phi) is 7.07. The van der Waals surface area contributed by atoms with Crippen LogP contribution < -0.4 is 4.74 Å². The van der Waals surface area contributed by atoms with E-state index in [0.29, 0.717) is 37.2 Å². The molecule has 0 N–H and O–H groups in total. The van der Waals surface area contributed by atoms with E-state index in [1.54, 1.807) is 24.3 Å². The minimum absolute atomic E-state index is 0.147. The average molecular weight is 450 g/mol. The van der Waals surface area contributed by atoms with E-state index in [4.69, 9.17) is 9.47 Å². The number of methoxy groups -OCH3 is 1. The number of hydrogen-bond acceptors (Lipinski definition) is 6. The molecule has 2 aromatic rings. The first-order valence-corrected chi connectivity index (χ1v) is 11.4. The Balaban J connectivity index is 1.77. The normalized spacial score (nSPS) is 15.8. The molecule has 1 unspecified atom stereocenters. The standard InChI is InChI=1S/C22H24FNO6S/c1-15(21(25)16-6-9-18(29-2)10-7-16)30-22(26)17-8-11-19(23)20(14-17)31(27,28)24-12-4-3-5-13-24/h6-11,14-15H,3-5,12-13H2,1-2H3. The summed E-state index contributed by atoms with van der Waals surface area (Å²) in [6, 6.07) is 9.34. The Morgan fingerprint density at radius 3 is 2.23 bits per heavy atom. The molecule has 1 aliphatic rings. The van der Waals surface area contributed by atoms with Gasteiger partial charge in [0.1, 0.15) is 16.5 Å². The van der Waals surface area contributed by atoms with Crippen LogP contribution >= 0.6 is 0 Å². The van der Waals surface area contributed by atoms with E-state index >= 15 is 0 Å². The van der Waals surface area contributed by atoms with E-state index in [1.165, 1.54) is 18.3 Å². The molecule has 0 spiro atoms. The zero-order chi connectivity index (χ0) is 22.6. The summed E-state index contributed by atoms with van der Waals surface area (Å²) < 4.78 is 51.5. The highest BCUT2D eigenvalue weighted by Gasteiger charge is 2.30. The van der Waals surface area contributed by atoms with Crippen molar-refractivity contribution in [3.05, 3.63) is 59.4 Å². The lowest BCUT2D eigenvalue weighted by atomic mass is 10.1. The summed E-state index contributed by atoms with van der Waals surface area (Å²) in [6.45, 7) is 2.03. The summed E-state index contributed by atoms with van der Waals surface area (Å²) >= 11 is 0. The van der Waals surface area contributed by atoms with Crippen molar-refractivity contribution < 1.29 is 31.9 Å². The molecule has 0 aromatic heterocycles. The topological polar surface area (TPSA) is 90.0 Å². The summed E-state index contributed by atoms with van der Waals surface area (Å²) in [4.78, 5) is 24.5. The van der Waals surface area contributed by atoms with Gasteiger partial charge in [0.25, 0.3) is 0 Å². The first kappa shape index (κ1) is 22.9. The smallest absolute Gasteiger partial charge is 0.338 e. The van der Waals surface area contributed by atoms with Gasteiger partial charge in [-0.25, -0.2) is 17.6 Å². The molecule has 0 saturated carbocycles. The van der Waals surface area contributed by atoms with Gasteiger partial charge in [-0.3, -0.25) is 4.79 Å². The van der Waals surface area contributed by atoms with E-state index < -0.39 is 38.6 Å². The number of nitrogens with zero attached hydrogens (tertiary/aromatic N) is 1. The lowest BCUT2D eigenvalue weighted by Gasteiger charge is -2.26. The quantitative estimate of drug-likeness (QED) is 0.475. The fraction of sp³-hybridized carbons (Fsp3) is 0.364. The maximum absolute atomic E-state index is 14.3. The van der Waals surface area contributed by atoms with Gasteiger partial charge in [-0.1, -0.05) is 6.42 Å². The van der Waals surface area contributed by atoms with Crippen molar-refractivity contribution >= 4 is 21.8 Å². The Morgan fingerprint density at radius 2 is 1.61 bits per heavy atom. The van der Waals surface area contributed by atoms with E-state index in [-0.39, 0.29) is 5.56 Å². The predicted molar refractivity (Wildman–Crippen MR) is 111 cm³/mol. The highest BCUT2D eigenvalue weighted by atomic mass is 32.2. The number of halogens is 1. The van der Waals surface area contributed by atoms with Crippen molar-refractivity contribution in [2.75, 3.05) is 20.2 Å². The van der Waals surface area contributed by atoms with Crippen LogP contribution in [0.3, 0.4) is 0 Å². The minimum atomic E-state index is -4.07. The van der Waals surface area contributed by atoms with Crippen LogP contribution in [0.4, 0.5) is 4.39 Å². The van der Waals surface area contributed by atoms with Crippen LogP contribution in [0, 0.1) is 5.82 Å². The minimum Gasteiger partial charge on any atom is -0.497 e. The molecule has 1 fully saturated rings. The van der Waals surface area contributed by atoms with Gasteiger partial charge in [0.05, 0.1) is 12.7 Å². The third-order valence-corrected chi connectivity index (χ3v) is 7.04. The molecule has 3 rings (SSSR count). The molecule has 0 aliphatic carbocycles. The molecule has 1 atom stereocenters. The number of sulfonamides is 1. The molecule has 7 nitrogen and oxygen atoms in total. The Hall–Kier alpha value is -2.78. The van der Waals surface area contributed by atoms with E-state index in [2.05, 4.69) is 0 Å². The molecule has 2 aromatic carbocycles. The second-order valence-corrected chi connectivity index (χ2v) is 9.16. The fourth-order valence-corrected chi connectivity index (χ4v) is 4.95. The van der Waals surface area contributed by atoms with Crippen LogP contribution in [-0.4, -0.2) is 50.8 Å². The SMILES string of the molecule is COc1ccc(C(=O)C(C)OC(=O)c2ccc(F)c(S(=O)(=O)N3CCCCC3)c2)cc1. The fourth-order valence-electron chi connectivity index (χ4n) is 3.34. The zero-order valence-corrected chi connectivity index (χ0v) is 18.2. The van der Waals surface area contributed by atoms with Crippen molar-refractivity contribution in [3.8, 4) is 5.75 Å². The number of Topliss-reactive ketones (excluding diaryl/α,β-unsaturated/α-hetero) is 1. The molecule has 0 bridgehead atoms. The van der Waals surface area contributed by atoms with Crippen molar-refractivity contribution in [3.63, 3.8) is 0 Å². The van der Waals surface area contributed by atoms with Crippen LogP contribution in [0.1, 0.15) is 46.9 Å². The summed E-state index contributed by atoms with van der Waals surface area (Å²) in [5.74, 6) is -1.71. The number of hydrogen-bond donors (Lipinski definition) is 0. The number of carbonyl (C=O) groups excluding carboxylic acids is 2. The van der Waals surface area contributed by atoms with Crippen molar-refractivity contribution in [1.29, 1.82) is 0 Å². The number of ether oxygens (including phenoxy) is 2. The molecule has 1 heterocycles. The molecule has 0 radical (unpaired) electrons.